The molecule has 1 aliphatic carbocycles. The second-order valence-corrected chi connectivity index (χ2v) is 9.00. The molecule has 1 saturated heterocycles. The van der Waals surface area contributed by atoms with Gasteiger partial charge in [-0.3, -0.25) is 4.90 Å². The first-order chi connectivity index (χ1) is 12.4. The van der Waals surface area contributed by atoms with Gasteiger partial charge in [-0.15, -0.1) is 5.73 Å². The summed E-state index contributed by atoms with van der Waals surface area (Å²) in [6.45, 7) is 15.8. The summed E-state index contributed by atoms with van der Waals surface area (Å²) in [5.74, 6) is 1.31. The Labute approximate surface area is 162 Å². The summed E-state index contributed by atoms with van der Waals surface area (Å²) in [7, 11) is 0. The van der Waals surface area contributed by atoms with E-state index in [9.17, 15) is 0 Å². The van der Waals surface area contributed by atoms with Crippen LogP contribution in [0.5, 0.6) is 0 Å². The van der Waals surface area contributed by atoms with Crippen molar-refractivity contribution in [2.45, 2.75) is 78.2 Å². The van der Waals surface area contributed by atoms with Crippen LogP contribution in [0, 0.1) is 11.8 Å². The van der Waals surface area contributed by atoms with Crippen molar-refractivity contribution in [2.24, 2.45) is 11.8 Å². The van der Waals surface area contributed by atoms with E-state index in [-0.39, 0.29) is 0 Å². The molecule has 144 valence electrons. The van der Waals surface area contributed by atoms with Gasteiger partial charge in [-0.2, -0.15) is 0 Å². The van der Waals surface area contributed by atoms with E-state index in [1.54, 1.807) is 0 Å². The maximum Gasteiger partial charge on any atom is 0.0153 e. The summed E-state index contributed by atoms with van der Waals surface area (Å²) in [5, 5.41) is 0. The maximum atomic E-state index is 3.77. The topological polar surface area (TPSA) is 3.24 Å². The van der Waals surface area contributed by atoms with Crippen LogP contribution in [0.4, 0.5) is 0 Å². The lowest BCUT2D eigenvalue weighted by Gasteiger charge is -2.32. The zero-order valence-electron chi connectivity index (χ0n) is 17.6. The smallest absolute Gasteiger partial charge is 0.0153 e. The van der Waals surface area contributed by atoms with Crippen LogP contribution < -0.4 is 0 Å². The van der Waals surface area contributed by atoms with Crippen LogP contribution in [0.2, 0.25) is 0 Å². The molecule has 0 bridgehead atoms. The van der Waals surface area contributed by atoms with Gasteiger partial charge in [0, 0.05) is 5.54 Å². The van der Waals surface area contributed by atoms with Gasteiger partial charge in [0.1, 0.15) is 0 Å². The molecule has 2 rings (SSSR count). The van der Waals surface area contributed by atoms with Crippen LogP contribution >= 0.6 is 0 Å². The number of hydrogen-bond donors (Lipinski definition) is 0. The van der Waals surface area contributed by atoms with Crippen molar-refractivity contribution in [1.29, 1.82) is 0 Å². The molecule has 1 fully saturated rings. The summed E-state index contributed by atoms with van der Waals surface area (Å²) in [6.07, 6.45) is 20.1. The lowest BCUT2D eigenvalue weighted by Crippen LogP contribution is -2.39. The van der Waals surface area contributed by atoms with E-state index in [0.29, 0.717) is 11.5 Å². The van der Waals surface area contributed by atoms with Crippen molar-refractivity contribution in [3.05, 3.63) is 53.8 Å². The zero-order chi connectivity index (χ0) is 19.0. The molecule has 2 aliphatic rings. The molecule has 0 radical (unpaired) electrons. The average molecular weight is 354 g/mol. The van der Waals surface area contributed by atoms with Crippen molar-refractivity contribution in [3.63, 3.8) is 0 Å². The van der Waals surface area contributed by atoms with Crippen molar-refractivity contribution < 1.29 is 0 Å². The third-order valence-corrected chi connectivity index (χ3v) is 6.21. The molecule has 1 aliphatic heterocycles. The molecular formula is C25H39N. The Balaban J connectivity index is 2.00. The number of likely N-dealkylation sites (tertiary alicyclic amines) is 1. The summed E-state index contributed by atoms with van der Waals surface area (Å²) in [5.41, 5.74) is 6.37. The minimum absolute atomic E-state index is 0.400. The highest BCUT2D eigenvalue weighted by molar-refractivity contribution is 5.31. The third kappa shape index (κ3) is 6.45. The van der Waals surface area contributed by atoms with Crippen molar-refractivity contribution in [3.8, 4) is 0 Å². The van der Waals surface area contributed by atoms with Crippen molar-refractivity contribution in [1.82, 2.24) is 4.90 Å². The van der Waals surface area contributed by atoms with Gasteiger partial charge in [0.2, 0.25) is 0 Å². The highest BCUT2D eigenvalue weighted by Crippen LogP contribution is 2.32. The van der Waals surface area contributed by atoms with Gasteiger partial charge in [-0.25, -0.2) is 0 Å². The van der Waals surface area contributed by atoms with Gasteiger partial charge in [0.25, 0.3) is 0 Å². The van der Waals surface area contributed by atoms with Gasteiger partial charge in [0.15, 0.2) is 0 Å². The minimum Gasteiger partial charge on any atom is -0.298 e. The standard InChI is InChI=1S/C25H39N/c1-6-7-13-23(24-14-10-8-9-12-21(2)19-24)20-22(3)15-18-26-17-11-16-25(26,4)5/h7-8,10,14,19,22-23H,1,9,11-13,15-18,20H2,2-5H3/b10-8-,21-19+,24-14+. The largest absolute Gasteiger partial charge is 0.298 e. The minimum atomic E-state index is 0.400. The van der Waals surface area contributed by atoms with Crippen molar-refractivity contribution >= 4 is 0 Å². The first kappa shape index (κ1) is 21.0. The Morgan fingerprint density at radius 3 is 2.88 bits per heavy atom. The van der Waals surface area contributed by atoms with Crippen LogP contribution in [-0.4, -0.2) is 23.5 Å². The maximum absolute atomic E-state index is 3.77. The van der Waals surface area contributed by atoms with E-state index in [2.05, 4.69) is 75.3 Å². The quantitative estimate of drug-likeness (QED) is 0.431. The third-order valence-electron chi connectivity index (χ3n) is 6.21. The molecule has 2 unspecified atom stereocenters. The molecule has 1 heteroatoms. The number of nitrogens with zero attached hydrogens (tertiary/aromatic N) is 1. The Morgan fingerprint density at radius 2 is 2.19 bits per heavy atom. The zero-order valence-corrected chi connectivity index (χ0v) is 17.6. The fraction of sp³-hybridized carbons (Fsp3) is 0.640. The highest BCUT2D eigenvalue weighted by atomic mass is 15.2. The molecule has 0 spiro atoms. The van der Waals surface area contributed by atoms with E-state index >= 15 is 0 Å². The summed E-state index contributed by atoms with van der Waals surface area (Å²) in [4.78, 5) is 2.70. The Kier molecular flexibility index (Phi) is 8.19. The average Bonchev–Trinajstić information content (AvgIpc) is 2.91. The molecule has 0 aromatic heterocycles. The van der Waals surface area contributed by atoms with Crippen LogP contribution in [0.15, 0.2) is 53.8 Å². The fourth-order valence-corrected chi connectivity index (χ4v) is 4.40. The lowest BCUT2D eigenvalue weighted by molar-refractivity contribution is 0.162. The van der Waals surface area contributed by atoms with Gasteiger partial charge >= 0.3 is 0 Å². The molecule has 0 N–H and O–H groups in total. The molecule has 2 atom stereocenters. The van der Waals surface area contributed by atoms with E-state index in [1.165, 1.54) is 56.3 Å². The van der Waals surface area contributed by atoms with Crippen LogP contribution in [0.3, 0.4) is 0 Å². The van der Waals surface area contributed by atoms with Gasteiger partial charge in [-0.05, 0) is 102 Å². The van der Waals surface area contributed by atoms with Gasteiger partial charge < -0.3 is 0 Å². The van der Waals surface area contributed by atoms with Crippen LogP contribution in [0.25, 0.3) is 0 Å². The Hall–Kier alpha value is -1.30. The van der Waals surface area contributed by atoms with E-state index in [4.69, 9.17) is 0 Å². The number of hydrogen-bond acceptors (Lipinski definition) is 1. The molecule has 26 heavy (non-hydrogen) atoms. The van der Waals surface area contributed by atoms with E-state index in [1.807, 2.05) is 0 Å². The second-order valence-electron chi connectivity index (χ2n) is 9.00. The molecule has 0 saturated carbocycles. The summed E-state index contributed by atoms with van der Waals surface area (Å²) >= 11 is 0. The lowest BCUT2D eigenvalue weighted by atomic mass is 9.83. The van der Waals surface area contributed by atoms with E-state index < -0.39 is 0 Å². The molecule has 1 nitrogen and oxygen atoms in total. The van der Waals surface area contributed by atoms with Crippen LogP contribution in [-0.2, 0) is 0 Å². The first-order valence-electron chi connectivity index (χ1n) is 10.6. The summed E-state index contributed by atoms with van der Waals surface area (Å²) in [6, 6.07) is 0. The molecule has 0 aromatic rings. The Bertz CT molecular complexity index is 583. The van der Waals surface area contributed by atoms with Crippen molar-refractivity contribution in [2.75, 3.05) is 13.1 Å². The fourth-order valence-electron chi connectivity index (χ4n) is 4.40. The molecule has 1 heterocycles. The van der Waals surface area contributed by atoms with Gasteiger partial charge in [-0.1, -0.05) is 43.4 Å². The number of rotatable bonds is 8. The predicted molar refractivity (Wildman–Crippen MR) is 115 cm³/mol. The second kappa shape index (κ2) is 10.1. The van der Waals surface area contributed by atoms with Crippen LogP contribution in [0.1, 0.15) is 72.6 Å². The summed E-state index contributed by atoms with van der Waals surface area (Å²) < 4.78 is 0. The normalized spacial score (nSPS) is 27.8. The molecule has 0 amide bonds. The predicted octanol–water partition coefficient (Wildman–Crippen LogP) is 6.85. The van der Waals surface area contributed by atoms with E-state index in [0.717, 1.165) is 18.8 Å². The molecule has 0 aromatic carbocycles. The SMILES string of the molecule is C=C=CCC(CC(C)CCN1CCCC1(C)C)C1=C/C=C\CC\C(C)=C\1. The molecular weight excluding hydrogens is 314 g/mol. The first-order valence-corrected chi connectivity index (χ1v) is 10.6. The Morgan fingerprint density at radius 1 is 1.38 bits per heavy atom. The highest BCUT2D eigenvalue weighted by Gasteiger charge is 2.31. The monoisotopic (exact) mass is 353 g/mol. The number of allylic oxidation sites excluding steroid dienone is 7. The van der Waals surface area contributed by atoms with Gasteiger partial charge in [0.05, 0.1) is 0 Å².